The fourth-order valence-corrected chi connectivity index (χ4v) is 2.87. The molecule has 0 fully saturated rings. The lowest BCUT2D eigenvalue weighted by Crippen LogP contribution is -2.00. The van der Waals surface area contributed by atoms with Crippen molar-refractivity contribution < 1.29 is 15.3 Å². The van der Waals surface area contributed by atoms with Gasteiger partial charge in [0.25, 0.3) is 0 Å². The van der Waals surface area contributed by atoms with Crippen LogP contribution in [0.25, 0.3) is 11.1 Å². The number of hydrogen-bond donors (Lipinski definition) is 3. The van der Waals surface area contributed by atoms with E-state index in [2.05, 4.69) is 32.9 Å². The average Bonchev–Trinajstić information content (AvgIpc) is 2.49. The van der Waals surface area contributed by atoms with Crippen LogP contribution in [0, 0.1) is 0 Å². The molecule has 0 aromatic heterocycles. The van der Waals surface area contributed by atoms with Gasteiger partial charge in [-0.05, 0) is 47.6 Å². The van der Waals surface area contributed by atoms with Gasteiger partial charge < -0.3 is 15.3 Å². The molecule has 0 unspecified atom stereocenters. The summed E-state index contributed by atoms with van der Waals surface area (Å²) < 4.78 is 0. The lowest BCUT2D eigenvalue weighted by atomic mass is 9.87. The van der Waals surface area contributed by atoms with Gasteiger partial charge in [-0.1, -0.05) is 32.9 Å². The maximum Gasteiger partial charge on any atom is 0.161 e. The summed E-state index contributed by atoms with van der Waals surface area (Å²) in [7, 11) is 0. The number of aromatic hydroxyl groups is 3. The molecule has 0 saturated heterocycles. The molecule has 0 aliphatic rings. The van der Waals surface area contributed by atoms with Crippen LogP contribution in [0.3, 0.4) is 0 Å². The van der Waals surface area contributed by atoms with Crippen LogP contribution < -0.4 is 0 Å². The Bertz CT molecular complexity index is 660. The summed E-state index contributed by atoms with van der Waals surface area (Å²) in [4.78, 5) is 0. The Labute approximate surface area is 125 Å². The van der Waals surface area contributed by atoms with E-state index in [1.807, 2.05) is 0 Å². The monoisotopic (exact) mass is 286 g/mol. The van der Waals surface area contributed by atoms with Crippen molar-refractivity contribution in [2.75, 3.05) is 0 Å². The Morgan fingerprint density at radius 3 is 1.86 bits per heavy atom. The SMILES string of the molecule is CCc1ccc(CC)c(-c2cc(O)c(O)cc2O)c1CC. The molecule has 2 rings (SSSR count). The first kappa shape index (κ1) is 15.2. The third-order valence-electron chi connectivity index (χ3n) is 3.97. The summed E-state index contributed by atoms with van der Waals surface area (Å²) in [5.74, 6) is -0.532. The first-order valence-corrected chi connectivity index (χ1v) is 7.42. The molecule has 0 bridgehead atoms. The fourth-order valence-electron chi connectivity index (χ4n) is 2.87. The molecule has 0 radical (unpaired) electrons. The summed E-state index contributed by atoms with van der Waals surface area (Å²) >= 11 is 0. The smallest absolute Gasteiger partial charge is 0.161 e. The Hall–Kier alpha value is -2.16. The molecule has 0 spiro atoms. The van der Waals surface area contributed by atoms with Crippen LogP contribution >= 0.6 is 0 Å². The van der Waals surface area contributed by atoms with E-state index in [0.717, 1.165) is 30.4 Å². The number of rotatable bonds is 4. The molecular weight excluding hydrogens is 264 g/mol. The molecule has 112 valence electrons. The average molecular weight is 286 g/mol. The van der Waals surface area contributed by atoms with Gasteiger partial charge in [-0.3, -0.25) is 0 Å². The Morgan fingerprint density at radius 1 is 0.714 bits per heavy atom. The summed E-state index contributed by atoms with van der Waals surface area (Å²) in [6.45, 7) is 6.27. The number of phenols is 3. The second-order valence-corrected chi connectivity index (χ2v) is 5.16. The molecule has 0 heterocycles. The topological polar surface area (TPSA) is 60.7 Å². The van der Waals surface area contributed by atoms with Crippen molar-refractivity contribution in [2.45, 2.75) is 40.0 Å². The molecule has 0 saturated carbocycles. The zero-order chi connectivity index (χ0) is 15.6. The third-order valence-corrected chi connectivity index (χ3v) is 3.97. The predicted molar refractivity (Wildman–Crippen MR) is 85.0 cm³/mol. The van der Waals surface area contributed by atoms with Gasteiger partial charge in [0.05, 0.1) is 0 Å². The Balaban J connectivity index is 2.81. The van der Waals surface area contributed by atoms with E-state index in [-0.39, 0.29) is 17.2 Å². The van der Waals surface area contributed by atoms with Gasteiger partial charge in [0, 0.05) is 11.6 Å². The Morgan fingerprint density at radius 2 is 1.29 bits per heavy atom. The van der Waals surface area contributed by atoms with E-state index >= 15 is 0 Å². The maximum absolute atomic E-state index is 10.2. The fraction of sp³-hybridized carbons (Fsp3) is 0.333. The van der Waals surface area contributed by atoms with Crippen molar-refractivity contribution >= 4 is 0 Å². The molecule has 21 heavy (non-hydrogen) atoms. The van der Waals surface area contributed by atoms with Crippen molar-refractivity contribution in [2.24, 2.45) is 0 Å². The van der Waals surface area contributed by atoms with Crippen LogP contribution in [-0.4, -0.2) is 15.3 Å². The van der Waals surface area contributed by atoms with E-state index in [4.69, 9.17) is 0 Å². The van der Waals surface area contributed by atoms with E-state index < -0.39 is 0 Å². The highest BCUT2D eigenvalue weighted by atomic mass is 16.3. The van der Waals surface area contributed by atoms with E-state index in [9.17, 15) is 15.3 Å². The minimum atomic E-state index is -0.306. The summed E-state index contributed by atoms with van der Waals surface area (Å²) in [5.41, 5.74) is 5.12. The quantitative estimate of drug-likeness (QED) is 0.584. The number of aryl methyl sites for hydroxylation is 2. The highest BCUT2D eigenvalue weighted by Gasteiger charge is 2.17. The van der Waals surface area contributed by atoms with Gasteiger partial charge in [0.1, 0.15) is 5.75 Å². The lowest BCUT2D eigenvalue weighted by Gasteiger charge is -2.18. The zero-order valence-corrected chi connectivity index (χ0v) is 12.8. The van der Waals surface area contributed by atoms with E-state index in [1.165, 1.54) is 23.3 Å². The van der Waals surface area contributed by atoms with Crippen molar-refractivity contribution in [3.63, 3.8) is 0 Å². The molecule has 2 aromatic rings. The minimum absolute atomic E-state index is 0.0112. The first-order chi connectivity index (χ1) is 10.0. The van der Waals surface area contributed by atoms with Gasteiger partial charge in [-0.15, -0.1) is 0 Å². The standard InChI is InChI=1S/C18H22O3/c1-4-11-7-8-12(5-2)18(13(11)6-3)14-9-16(20)17(21)10-15(14)19/h7-10,19-21H,4-6H2,1-3H3. The molecular formula is C18H22O3. The third kappa shape index (κ3) is 2.68. The number of hydrogen-bond acceptors (Lipinski definition) is 3. The second-order valence-electron chi connectivity index (χ2n) is 5.16. The van der Waals surface area contributed by atoms with Gasteiger partial charge in [-0.2, -0.15) is 0 Å². The maximum atomic E-state index is 10.2. The van der Waals surface area contributed by atoms with Crippen molar-refractivity contribution in [1.29, 1.82) is 0 Å². The molecule has 0 amide bonds. The molecule has 3 N–H and O–H groups in total. The van der Waals surface area contributed by atoms with Crippen LogP contribution in [0.5, 0.6) is 17.2 Å². The van der Waals surface area contributed by atoms with Crippen LogP contribution in [0.15, 0.2) is 24.3 Å². The summed E-state index contributed by atoms with van der Waals surface area (Å²) in [6.07, 6.45) is 2.62. The van der Waals surface area contributed by atoms with Crippen LogP contribution in [0.4, 0.5) is 0 Å². The van der Waals surface area contributed by atoms with Crippen LogP contribution in [0.1, 0.15) is 37.5 Å². The molecule has 3 nitrogen and oxygen atoms in total. The predicted octanol–water partition coefficient (Wildman–Crippen LogP) is 4.16. The van der Waals surface area contributed by atoms with Gasteiger partial charge in [0.2, 0.25) is 0 Å². The van der Waals surface area contributed by atoms with Gasteiger partial charge in [0.15, 0.2) is 11.5 Å². The first-order valence-electron chi connectivity index (χ1n) is 7.42. The molecule has 0 atom stereocenters. The van der Waals surface area contributed by atoms with Gasteiger partial charge >= 0.3 is 0 Å². The molecule has 3 heteroatoms. The minimum Gasteiger partial charge on any atom is -0.507 e. The molecule has 0 aliphatic carbocycles. The Kier molecular flexibility index (Phi) is 4.41. The number of phenolic OH excluding ortho intramolecular Hbond substituents is 3. The van der Waals surface area contributed by atoms with Crippen molar-refractivity contribution in [1.82, 2.24) is 0 Å². The van der Waals surface area contributed by atoms with Gasteiger partial charge in [-0.25, -0.2) is 0 Å². The second kappa shape index (κ2) is 6.08. The molecule has 2 aromatic carbocycles. The highest BCUT2D eigenvalue weighted by molar-refractivity contribution is 5.79. The van der Waals surface area contributed by atoms with Crippen LogP contribution in [-0.2, 0) is 19.3 Å². The zero-order valence-electron chi connectivity index (χ0n) is 12.8. The van der Waals surface area contributed by atoms with Crippen LogP contribution in [0.2, 0.25) is 0 Å². The highest BCUT2D eigenvalue weighted by Crippen LogP contribution is 2.42. The largest absolute Gasteiger partial charge is 0.507 e. The normalized spacial score (nSPS) is 10.8. The number of benzene rings is 2. The summed E-state index contributed by atoms with van der Waals surface area (Å²) in [6, 6.07) is 6.86. The van der Waals surface area contributed by atoms with Crippen molar-refractivity contribution in [3.8, 4) is 28.4 Å². The van der Waals surface area contributed by atoms with E-state index in [1.54, 1.807) is 0 Å². The molecule has 0 aliphatic heterocycles. The lowest BCUT2D eigenvalue weighted by molar-refractivity contribution is 0.397. The van der Waals surface area contributed by atoms with E-state index in [0.29, 0.717) is 5.56 Å². The summed E-state index contributed by atoms with van der Waals surface area (Å²) in [5, 5.41) is 29.5. The van der Waals surface area contributed by atoms with Crippen molar-refractivity contribution in [3.05, 3.63) is 41.0 Å².